The zero-order chi connectivity index (χ0) is 24.5. The molecule has 2 aromatic rings. The van der Waals surface area contributed by atoms with E-state index in [-0.39, 0.29) is 19.3 Å². The third kappa shape index (κ3) is 7.00. The van der Waals surface area contributed by atoms with Crippen molar-refractivity contribution >= 4 is 40.7 Å². The van der Waals surface area contributed by atoms with E-state index in [1.54, 1.807) is 38.2 Å². The Hall–Kier alpha value is -4.00. The van der Waals surface area contributed by atoms with E-state index in [0.29, 0.717) is 22.9 Å². The van der Waals surface area contributed by atoms with Crippen molar-refractivity contribution in [1.29, 1.82) is 10.7 Å². The SMILES string of the molecule is CC(=O)N[C@@H](Cc1c[nH]c2c(C#N)cccc12)C(=O)N[C@@H](CCC(=O)C=N)C(=O)OC(C)C. The lowest BCUT2D eigenvalue weighted by Gasteiger charge is -2.23. The van der Waals surface area contributed by atoms with Crippen molar-refractivity contribution in [2.45, 2.75) is 58.2 Å². The second-order valence-electron chi connectivity index (χ2n) is 7.81. The first-order valence-corrected chi connectivity index (χ1v) is 10.5. The molecule has 0 spiro atoms. The topological polar surface area (TPSA) is 165 Å². The molecule has 0 saturated carbocycles. The van der Waals surface area contributed by atoms with Gasteiger partial charge in [0.2, 0.25) is 11.8 Å². The van der Waals surface area contributed by atoms with Crippen LogP contribution >= 0.6 is 0 Å². The van der Waals surface area contributed by atoms with Crippen LogP contribution in [-0.4, -0.2) is 53.0 Å². The highest BCUT2D eigenvalue weighted by molar-refractivity contribution is 6.26. The zero-order valence-electron chi connectivity index (χ0n) is 18.7. The van der Waals surface area contributed by atoms with Crippen molar-refractivity contribution in [3.8, 4) is 6.07 Å². The molecule has 1 aromatic carbocycles. The Morgan fingerprint density at radius 3 is 2.55 bits per heavy atom. The number of esters is 1. The molecule has 10 heteroatoms. The first-order valence-electron chi connectivity index (χ1n) is 10.5. The number of hydrogen-bond donors (Lipinski definition) is 4. The van der Waals surface area contributed by atoms with Gasteiger partial charge in [0.05, 0.1) is 23.4 Å². The number of amides is 2. The minimum Gasteiger partial charge on any atom is -0.461 e. The molecule has 0 aliphatic heterocycles. The third-order valence-electron chi connectivity index (χ3n) is 4.83. The number of fused-ring (bicyclic) bond motifs is 1. The average Bonchev–Trinajstić information content (AvgIpc) is 3.17. The summed E-state index contributed by atoms with van der Waals surface area (Å²) in [6.07, 6.45) is 1.83. The number of rotatable bonds is 11. The van der Waals surface area contributed by atoms with E-state index in [1.807, 2.05) is 0 Å². The van der Waals surface area contributed by atoms with Gasteiger partial charge in [0, 0.05) is 31.3 Å². The van der Waals surface area contributed by atoms with E-state index >= 15 is 0 Å². The van der Waals surface area contributed by atoms with Gasteiger partial charge in [-0.15, -0.1) is 0 Å². The second kappa shape index (κ2) is 11.6. The monoisotopic (exact) mass is 453 g/mol. The number of nitrogens with zero attached hydrogens (tertiary/aromatic N) is 1. The number of para-hydroxylation sites is 1. The molecule has 0 aliphatic carbocycles. The number of ether oxygens (including phenoxy) is 1. The van der Waals surface area contributed by atoms with Gasteiger partial charge in [-0.3, -0.25) is 14.4 Å². The molecule has 33 heavy (non-hydrogen) atoms. The molecule has 0 bridgehead atoms. The summed E-state index contributed by atoms with van der Waals surface area (Å²) in [7, 11) is 0. The molecule has 2 amide bonds. The number of H-pyrrole nitrogens is 1. The van der Waals surface area contributed by atoms with E-state index in [2.05, 4.69) is 21.7 Å². The molecular weight excluding hydrogens is 426 g/mol. The molecule has 2 atom stereocenters. The van der Waals surface area contributed by atoms with Gasteiger partial charge >= 0.3 is 5.97 Å². The number of benzene rings is 1. The maximum atomic E-state index is 13.1. The number of nitriles is 1. The molecule has 1 heterocycles. The first-order chi connectivity index (χ1) is 15.7. The van der Waals surface area contributed by atoms with Gasteiger partial charge in [0.25, 0.3) is 0 Å². The summed E-state index contributed by atoms with van der Waals surface area (Å²) in [5.41, 5.74) is 1.78. The van der Waals surface area contributed by atoms with Crippen molar-refractivity contribution in [2.24, 2.45) is 0 Å². The van der Waals surface area contributed by atoms with Crippen molar-refractivity contribution in [2.75, 3.05) is 0 Å². The van der Waals surface area contributed by atoms with Crippen molar-refractivity contribution in [3.05, 3.63) is 35.5 Å². The standard InChI is InChI=1S/C23H27N5O5/c1-13(2)33-23(32)19(8-7-17(30)11-25)28-22(31)20(27-14(3)29)9-16-12-26-21-15(10-24)5-4-6-18(16)21/h4-6,11-13,19-20,25-26H,7-9H2,1-3H3,(H,27,29)(H,28,31)/t19-,20-/m0/s1. The summed E-state index contributed by atoms with van der Waals surface area (Å²) in [5, 5.41) is 22.2. The van der Waals surface area contributed by atoms with Gasteiger partial charge in [0.15, 0.2) is 5.78 Å². The van der Waals surface area contributed by atoms with Crippen molar-refractivity contribution in [1.82, 2.24) is 15.6 Å². The summed E-state index contributed by atoms with van der Waals surface area (Å²) in [6, 6.07) is 5.16. The van der Waals surface area contributed by atoms with Crippen LogP contribution < -0.4 is 10.6 Å². The molecule has 0 aliphatic rings. The van der Waals surface area contributed by atoms with Crippen LogP contribution in [0.2, 0.25) is 0 Å². The number of aromatic amines is 1. The normalized spacial score (nSPS) is 12.5. The number of hydrogen-bond acceptors (Lipinski definition) is 7. The number of Topliss-reactive ketones (excluding diaryl/α,β-unsaturated/α-hetero) is 1. The molecule has 0 saturated heterocycles. The van der Waals surface area contributed by atoms with E-state index in [4.69, 9.17) is 10.1 Å². The van der Waals surface area contributed by atoms with Crippen LogP contribution in [0.25, 0.3) is 10.9 Å². The lowest BCUT2D eigenvalue weighted by Crippen LogP contribution is -2.52. The van der Waals surface area contributed by atoms with Crippen LogP contribution in [0.3, 0.4) is 0 Å². The molecule has 1 aromatic heterocycles. The Labute approximate surface area is 191 Å². The van der Waals surface area contributed by atoms with Crippen molar-refractivity contribution < 1.29 is 23.9 Å². The fourth-order valence-corrected chi connectivity index (χ4v) is 3.34. The number of carbonyl (C=O) groups is 4. The smallest absolute Gasteiger partial charge is 0.328 e. The minimum absolute atomic E-state index is 0.0447. The third-order valence-corrected chi connectivity index (χ3v) is 4.83. The Morgan fingerprint density at radius 2 is 1.94 bits per heavy atom. The quantitative estimate of drug-likeness (QED) is 0.297. The van der Waals surface area contributed by atoms with Gasteiger partial charge in [-0.1, -0.05) is 12.1 Å². The summed E-state index contributed by atoms with van der Waals surface area (Å²) in [4.78, 5) is 51.8. The molecule has 0 fully saturated rings. The molecule has 174 valence electrons. The highest BCUT2D eigenvalue weighted by Crippen LogP contribution is 2.22. The Kier molecular flexibility index (Phi) is 8.86. The predicted octanol–water partition coefficient (Wildman–Crippen LogP) is 1.52. The van der Waals surface area contributed by atoms with Crippen LogP contribution in [0.1, 0.15) is 44.7 Å². The molecule has 4 N–H and O–H groups in total. The number of aromatic nitrogens is 1. The Morgan fingerprint density at radius 1 is 1.21 bits per heavy atom. The largest absolute Gasteiger partial charge is 0.461 e. The summed E-state index contributed by atoms with van der Waals surface area (Å²) >= 11 is 0. The van der Waals surface area contributed by atoms with Crippen LogP contribution in [0.4, 0.5) is 0 Å². The lowest BCUT2D eigenvalue weighted by molar-refractivity contribution is -0.151. The van der Waals surface area contributed by atoms with Crippen molar-refractivity contribution in [3.63, 3.8) is 0 Å². The van der Waals surface area contributed by atoms with Crippen LogP contribution in [0.5, 0.6) is 0 Å². The number of ketones is 1. The summed E-state index contributed by atoms with van der Waals surface area (Å²) in [6.45, 7) is 4.59. The fraction of sp³-hybridized carbons (Fsp3) is 0.391. The Balaban J connectivity index is 2.26. The van der Waals surface area contributed by atoms with Gasteiger partial charge in [-0.25, -0.2) is 4.79 Å². The molecule has 10 nitrogen and oxygen atoms in total. The summed E-state index contributed by atoms with van der Waals surface area (Å²) in [5.74, 6) is -2.25. The predicted molar refractivity (Wildman–Crippen MR) is 121 cm³/mol. The van der Waals surface area contributed by atoms with E-state index in [1.165, 1.54) is 6.92 Å². The maximum absolute atomic E-state index is 13.1. The molecular formula is C23H27N5O5. The van der Waals surface area contributed by atoms with Crippen LogP contribution in [-0.2, 0) is 30.3 Å². The van der Waals surface area contributed by atoms with Gasteiger partial charge in [0.1, 0.15) is 18.2 Å². The van der Waals surface area contributed by atoms with Crippen LogP contribution in [0, 0.1) is 16.7 Å². The fourth-order valence-electron chi connectivity index (χ4n) is 3.34. The van der Waals surface area contributed by atoms with E-state index in [9.17, 15) is 24.4 Å². The maximum Gasteiger partial charge on any atom is 0.328 e. The lowest BCUT2D eigenvalue weighted by atomic mass is 10.0. The van der Waals surface area contributed by atoms with Gasteiger partial charge in [-0.05, 0) is 31.9 Å². The second-order valence-corrected chi connectivity index (χ2v) is 7.81. The van der Waals surface area contributed by atoms with E-state index in [0.717, 1.165) is 5.39 Å². The minimum atomic E-state index is -1.12. The molecule has 0 unspecified atom stereocenters. The Bertz CT molecular complexity index is 1100. The molecule has 0 radical (unpaired) electrons. The average molecular weight is 453 g/mol. The van der Waals surface area contributed by atoms with Gasteiger partial charge < -0.3 is 25.8 Å². The first kappa shape index (κ1) is 25.3. The number of carbonyl (C=O) groups excluding carboxylic acids is 4. The van der Waals surface area contributed by atoms with Crippen LogP contribution in [0.15, 0.2) is 24.4 Å². The van der Waals surface area contributed by atoms with E-state index < -0.39 is 41.8 Å². The zero-order valence-corrected chi connectivity index (χ0v) is 18.7. The number of nitrogens with one attached hydrogen (secondary N) is 4. The highest BCUT2D eigenvalue weighted by atomic mass is 16.5. The highest BCUT2D eigenvalue weighted by Gasteiger charge is 2.29. The van der Waals surface area contributed by atoms with Gasteiger partial charge in [-0.2, -0.15) is 5.26 Å². The summed E-state index contributed by atoms with van der Waals surface area (Å²) < 4.78 is 5.18. The molecule has 2 rings (SSSR count).